The molecule has 1 aromatic rings. The molecule has 1 aliphatic heterocycles. The van der Waals surface area contributed by atoms with E-state index in [-0.39, 0.29) is 5.82 Å². The molecule has 0 aliphatic carbocycles. The molecule has 5 nitrogen and oxygen atoms in total. The van der Waals surface area contributed by atoms with Crippen LogP contribution in [0.1, 0.15) is 18.4 Å². The number of carbonyl (C=O) groups excluding carboxylic acids is 1. The predicted molar refractivity (Wildman–Crippen MR) is 68.2 cm³/mol. The highest BCUT2D eigenvalue weighted by Gasteiger charge is 2.15. The van der Waals surface area contributed by atoms with Crippen molar-refractivity contribution in [2.45, 2.75) is 12.8 Å². The molecule has 18 heavy (non-hydrogen) atoms. The van der Waals surface area contributed by atoms with Crippen molar-refractivity contribution in [3.05, 3.63) is 29.6 Å². The number of nitrogens with zero attached hydrogens (tertiary/aromatic N) is 2. The van der Waals surface area contributed by atoms with E-state index in [0.29, 0.717) is 11.3 Å². The summed E-state index contributed by atoms with van der Waals surface area (Å²) in [6.45, 7) is 1.79. The quantitative estimate of drug-likeness (QED) is 0.629. The first-order valence-electron chi connectivity index (χ1n) is 5.80. The van der Waals surface area contributed by atoms with E-state index >= 15 is 0 Å². The van der Waals surface area contributed by atoms with Crippen LogP contribution in [0.5, 0.6) is 0 Å². The van der Waals surface area contributed by atoms with Gasteiger partial charge in [-0.15, -0.1) is 0 Å². The van der Waals surface area contributed by atoms with Crippen molar-refractivity contribution in [1.82, 2.24) is 5.43 Å². The molecule has 0 aromatic heterocycles. The number of urea groups is 1. The molecule has 0 bridgehead atoms. The van der Waals surface area contributed by atoms with E-state index < -0.39 is 6.03 Å². The Kier molecular flexibility index (Phi) is 3.76. The highest BCUT2D eigenvalue weighted by molar-refractivity contribution is 5.82. The first-order valence-corrected chi connectivity index (χ1v) is 5.80. The summed E-state index contributed by atoms with van der Waals surface area (Å²) >= 11 is 0. The molecule has 96 valence electrons. The van der Waals surface area contributed by atoms with E-state index in [1.54, 1.807) is 12.1 Å². The van der Waals surface area contributed by atoms with Crippen LogP contribution in [0, 0.1) is 5.82 Å². The second kappa shape index (κ2) is 5.48. The number of primary amides is 1. The number of amides is 2. The minimum Gasteiger partial charge on any atom is -0.369 e. The highest BCUT2D eigenvalue weighted by Crippen LogP contribution is 2.23. The second-order valence-corrected chi connectivity index (χ2v) is 4.14. The fourth-order valence-corrected chi connectivity index (χ4v) is 1.99. The average Bonchev–Trinajstić information content (AvgIpc) is 2.82. The minimum atomic E-state index is -0.750. The number of halogens is 1. The topological polar surface area (TPSA) is 70.7 Å². The van der Waals surface area contributed by atoms with Gasteiger partial charge in [0.05, 0.1) is 11.9 Å². The molecule has 2 rings (SSSR count). The van der Waals surface area contributed by atoms with Crippen molar-refractivity contribution in [3.63, 3.8) is 0 Å². The van der Waals surface area contributed by atoms with E-state index in [2.05, 4.69) is 10.5 Å². The fourth-order valence-electron chi connectivity index (χ4n) is 1.99. The Morgan fingerprint density at radius 2 is 2.17 bits per heavy atom. The molecular formula is C12H15FN4O. The third-order valence-corrected chi connectivity index (χ3v) is 2.81. The summed E-state index contributed by atoms with van der Waals surface area (Å²) in [4.78, 5) is 12.4. The fraction of sp³-hybridized carbons (Fsp3) is 0.333. The van der Waals surface area contributed by atoms with Gasteiger partial charge in [-0.05, 0) is 30.5 Å². The van der Waals surface area contributed by atoms with Crippen LogP contribution in [-0.2, 0) is 0 Å². The maximum atomic E-state index is 13.9. The Bertz CT molecular complexity index is 469. The van der Waals surface area contributed by atoms with E-state index in [1.807, 2.05) is 4.90 Å². The number of carbonyl (C=O) groups is 1. The van der Waals surface area contributed by atoms with E-state index in [9.17, 15) is 9.18 Å². The smallest absolute Gasteiger partial charge is 0.332 e. The van der Waals surface area contributed by atoms with Crippen LogP contribution in [0.2, 0.25) is 0 Å². The SMILES string of the molecule is NC(=O)N/N=C\c1ccc(N2CCCC2)c(F)c1. The average molecular weight is 250 g/mol. The number of hydrogen-bond donors (Lipinski definition) is 2. The first-order chi connectivity index (χ1) is 8.66. The number of nitrogens with two attached hydrogens (primary N) is 1. The number of benzene rings is 1. The summed E-state index contributed by atoms with van der Waals surface area (Å²) < 4.78 is 13.9. The number of anilines is 1. The van der Waals surface area contributed by atoms with Gasteiger partial charge in [0.2, 0.25) is 0 Å². The van der Waals surface area contributed by atoms with Gasteiger partial charge in [0.1, 0.15) is 5.82 Å². The van der Waals surface area contributed by atoms with Gasteiger partial charge in [-0.2, -0.15) is 5.10 Å². The van der Waals surface area contributed by atoms with Gasteiger partial charge in [-0.1, -0.05) is 6.07 Å². The van der Waals surface area contributed by atoms with Crippen LogP contribution in [0.15, 0.2) is 23.3 Å². The first kappa shape index (κ1) is 12.3. The Balaban J connectivity index is 2.09. The lowest BCUT2D eigenvalue weighted by atomic mass is 10.2. The van der Waals surface area contributed by atoms with Gasteiger partial charge in [-0.25, -0.2) is 14.6 Å². The van der Waals surface area contributed by atoms with Gasteiger partial charge in [0.25, 0.3) is 0 Å². The Morgan fingerprint density at radius 1 is 1.44 bits per heavy atom. The number of rotatable bonds is 3. The summed E-state index contributed by atoms with van der Waals surface area (Å²) in [5.41, 5.74) is 8.10. The van der Waals surface area contributed by atoms with Crippen molar-refractivity contribution < 1.29 is 9.18 Å². The summed E-state index contributed by atoms with van der Waals surface area (Å²) in [5.74, 6) is -0.278. The lowest BCUT2D eigenvalue weighted by molar-refractivity contribution is 0.249. The van der Waals surface area contributed by atoms with Crippen LogP contribution in [0.25, 0.3) is 0 Å². The molecule has 2 amide bonds. The molecule has 0 unspecified atom stereocenters. The summed E-state index contributed by atoms with van der Waals surface area (Å²) in [6.07, 6.45) is 3.55. The van der Waals surface area contributed by atoms with E-state index in [0.717, 1.165) is 25.9 Å². The maximum Gasteiger partial charge on any atom is 0.332 e. The Hall–Kier alpha value is -2.11. The largest absolute Gasteiger partial charge is 0.369 e. The van der Waals surface area contributed by atoms with Gasteiger partial charge < -0.3 is 10.6 Å². The molecule has 0 radical (unpaired) electrons. The zero-order valence-electron chi connectivity index (χ0n) is 9.90. The van der Waals surface area contributed by atoms with Crippen molar-refractivity contribution in [2.75, 3.05) is 18.0 Å². The van der Waals surface area contributed by atoms with Crippen LogP contribution in [-0.4, -0.2) is 25.3 Å². The highest BCUT2D eigenvalue weighted by atomic mass is 19.1. The lowest BCUT2D eigenvalue weighted by Gasteiger charge is -2.18. The van der Waals surface area contributed by atoms with E-state index in [1.165, 1.54) is 12.3 Å². The molecular weight excluding hydrogens is 235 g/mol. The molecule has 0 atom stereocenters. The van der Waals surface area contributed by atoms with Crippen LogP contribution >= 0.6 is 0 Å². The standard InChI is InChI=1S/C12H15FN4O/c13-10-7-9(8-15-16-12(14)18)3-4-11(10)17-5-1-2-6-17/h3-4,7-8H,1-2,5-6H2,(H3,14,16,18)/b15-8-. The van der Waals surface area contributed by atoms with E-state index in [4.69, 9.17) is 5.73 Å². The molecule has 1 heterocycles. The molecule has 6 heteroatoms. The van der Waals surface area contributed by atoms with Crippen LogP contribution in [0.4, 0.5) is 14.9 Å². The van der Waals surface area contributed by atoms with Gasteiger partial charge >= 0.3 is 6.03 Å². The molecule has 1 aromatic carbocycles. The van der Waals surface area contributed by atoms with Crippen molar-refractivity contribution in [3.8, 4) is 0 Å². The zero-order valence-corrected chi connectivity index (χ0v) is 9.90. The van der Waals surface area contributed by atoms with Crippen LogP contribution in [0.3, 0.4) is 0 Å². The normalized spacial score (nSPS) is 15.3. The third kappa shape index (κ3) is 2.97. The van der Waals surface area contributed by atoms with Crippen molar-refractivity contribution >= 4 is 17.9 Å². The molecule has 1 fully saturated rings. The third-order valence-electron chi connectivity index (χ3n) is 2.81. The summed E-state index contributed by atoms with van der Waals surface area (Å²) in [7, 11) is 0. The maximum absolute atomic E-state index is 13.9. The van der Waals surface area contributed by atoms with Crippen molar-refractivity contribution in [2.24, 2.45) is 10.8 Å². The Labute approximate surface area is 104 Å². The number of nitrogens with one attached hydrogen (secondary N) is 1. The molecule has 1 aliphatic rings. The number of hydrazone groups is 1. The number of hydrogen-bond acceptors (Lipinski definition) is 3. The van der Waals surface area contributed by atoms with Crippen LogP contribution < -0.4 is 16.1 Å². The second-order valence-electron chi connectivity index (χ2n) is 4.14. The lowest BCUT2D eigenvalue weighted by Crippen LogP contribution is -2.24. The van der Waals surface area contributed by atoms with Crippen molar-refractivity contribution in [1.29, 1.82) is 0 Å². The molecule has 0 spiro atoms. The molecule has 1 saturated heterocycles. The minimum absolute atomic E-state index is 0.278. The predicted octanol–water partition coefficient (Wildman–Crippen LogP) is 1.43. The summed E-state index contributed by atoms with van der Waals surface area (Å²) in [6, 6.07) is 4.12. The van der Waals surface area contributed by atoms with Gasteiger partial charge in [0, 0.05) is 13.1 Å². The molecule has 3 N–H and O–H groups in total. The van der Waals surface area contributed by atoms with Gasteiger partial charge in [-0.3, -0.25) is 0 Å². The summed E-state index contributed by atoms with van der Waals surface area (Å²) in [5, 5.41) is 3.58. The monoisotopic (exact) mass is 250 g/mol. The zero-order chi connectivity index (χ0) is 13.0. The van der Waals surface area contributed by atoms with Gasteiger partial charge in [0.15, 0.2) is 0 Å². The Morgan fingerprint density at radius 3 is 2.78 bits per heavy atom. The molecule has 0 saturated carbocycles.